The van der Waals surface area contributed by atoms with Crippen molar-refractivity contribution in [2.45, 2.75) is 18.2 Å². The number of amides is 1. The molecule has 0 bridgehead atoms. The molecule has 0 aliphatic rings. The van der Waals surface area contributed by atoms with E-state index in [1.165, 1.54) is 17.8 Å². The van der Waals surface area contributed by atoms with Gasteiger partial charge < -0.3 is 15.0 Å². The zero-order chi connectivity index (χ0) is 15.5. The largest absolute Gasteiger partial charge is 0.481 e. The molecule has 1 unspecified atom stereocenters. The molecular weight excluding hydrogens is 286 g/mol. The molecule has 1 rings (SSSR count). The summed E-state index contributed by atoms with van der Waals surface area (Å²) in [4.78, 5) is 22.5. The molecule has 4 N–H and O–H groups in total. The van der Waals surface area contributed by atoms with E-state index in [1.807, 2.05) is 0 Å². The molecule has 1 amide bonds. The van der Waals surface area contributed by atoms with Gasteiger partial charge in [-0.3, -0.25) is 9.59 Å². The van der Waals surface area contributed by atoms with Crippen LogP contribution in [0, 0.1) is 5.92 Å². The Hall–Kier alpha value is -1.87. The number of aryl methyl sites for hydroxylation is 1. The lowest BCUT2D eigenvalue weighted by Gasteiger charge is -2.11. The van der Waals surface area contributed by atoms with Crippen LogP contribution in [0.3, 0.4) is 0 Å². The number of carboxylic acid groups (broad SMARTS) is 1. The molecule has 0 fully saturated rings. The van der Waals surface area contributed by atoms with Gasteiger partial charge in [-0.05, 0) is 12.5 Å². The number of nitrogens with two attached hydrogens (primary N) is 1. The average molecular weight is 303 g/mol. The van der Waals surface area contributed by atoms with Crippen LogP contribution in [-0.4, -0.2) is 36.5 Å². The number of carboxylic acids is 1. The van der Waals surface area contributed by atoms with Gasteiger partial charge in [-0.1, -0.05) is 6.92 Å². The van der Waals surface area contributed by atoms with Crippen molar-refractivity contribution in [2.24, 2.45) is 18.1 Å². The van der Waals surface area contributed by atoms with Crippen molar-refractivity contribution in [3.8, 4) is 0 Å². The van der Waals surface area contributed by atoms with Crippen LogP contribution in [-0.2, 0) is 21.9 Å². The Kier molecular flexibility index (Phi) is 4.90. The van der Waals surface area contributed by atoms with Gasteiger partial charge in [0.25, 0.3) is 5.91 Å². The first-order valence-electron chi connectivity index (χ1n) is 5.87. The number of primary sulfonamides is 1. The Morgan fingerprint density at radius 1 is 1.50 bits per heavy atom. The van der Waals surface area contributed by atoms with Gasteiger partial charge >= 0.3 is 5.97 Å². The maximum absolute atomic E-state index is 11.9. The number of carbonyl (C=O) groups is 2. The lowest BCUT2D eigenvalue weighted by molar-refractivity contribution is -0.141. The lowest BCUT2D eigenvalue weighted by atomic mass is 10.1. The van der Waals surface area contributed by atoms with Crippen LogP contribution in [0.5, 0.6) is 0 Å². The number of sulfonamides is 1. The topological polar surface area (TPSA) is 131 Å². The number of hydrogen-bond donors (Lipinski definition) is 3. The molecule has 0 spiro atoms. The Morgan fingerprint density at radius 2 is 2.10 bits per heavy atom. The Labute approximate surface area is 116 Å². The maximum Gasteiger partial charge on any atom is 0.308 e. The van der Waals surface area contributed by atoms with Crippen LogP contribution in [0.1, 0.15) is 23.8 Å². The molecule has 1 heterocycles. The van der Waals surface area contributed by atoms with Gasteiger partial charge in [0.1, 0.15) is 10.6 Å². The Balaban J connectivity index is 2.84. The summed E-state index contributed by atoms with van der Waals surface area (Å²) in [5, 5.41) is 16.3. The highest BCUT2D eigenvalue weighted by Gasteiger charge is 2.20. The molecule has 1 atom stereocenters. The molecule has 0 aliphatic carbocycles. The SMILES string of the molecule is CCC(CNC(=O)c1cc(S(N)(=O)=O)cn1C)C(=O)O. The summed E-state index contributed by atoms with van der Waals surface area (Å²) < 4.78 is 23.7. The highest BCUT2D eigenvalue weighted by atomic mass is 32.2. The molecule has 112 valence electrons. The minimum absolute atomic E-state index is 0.0272. The van der Waals surface area contributed by atoms with Crippen LogP contribution in [0.25, 0.3) is 0 Å². The number of nitrogens with zero attached hydrogens (tertiary/aromatic N) is 1. The molecule has 0 aliphatic heterocycles. The second kappa shape index (κ2) is 6.06. The van der Waals surface area contributed by atoms with Crippen molar-refractivity contribution >= 4 is 21.9 Å². The number of aliphatic carboxylic acids is 1. The monoisotopic (exact) mass is 303 g/mol. The number of nitrogens with one attached hydrogen (secondary N) is 1. The number of hydrogen-bond acceptors (Lipinski definition) is 4. The molecular formula is C11H17N3O5S. The number of aromatic nitrogens is 1. The van der Waals surface area contributed by atoms with Crippen molar-refractivity contribution in [3.63, 3.8) is 0 Å². The third-order valence-electron chi connectivity index (χ3n) is 2.89. The summed E-state index contributed by atoms with van der Waals surface area (Å²) in [7, 11) is -2.38. The minimum atomic E-state index is -3.88. The van der Waals surface area contributed by atoms with Gasteiger partial charge in [0.05, 0.1) is 5.92 Å². The fourth-order valence-corrected chi connectivity index (χ4v) is 2.21. The fraction of sp³-hybridized carbons (Fsp3) is 0.455. The summed E-state index contributed by atoms with van der Waals surface area (Å²) >= 11 is 0. The molecule has 0 radical (unpaired) electrons. The molecule has 0 aromatic carbocycles. The van der Waals surface area contributed by atoms with E-state index in [-0.39, 0.29) is 17.1 Å². The van der Waals surface area contributed by atoms with Crippen LogP contribution in [0.15, 0.2) is 17.2 Å². The van der Waals surface area contributed by atoms with Crippen molar-refractivity contribution in [1.82, 2.24) is 9.88 Å². The van der Waals surface area contributed by atoms with E-state index in [0.717, 1.165) is 6.07 Å². The van der Waals surface area contributed by atoms with Gasteiger partial charge in [0, 0.05) is 19.8 Å². The summed E-state index contributed by atoms with van der Waals surface area (Å²) in [5.74, 6) is -2.23. The van der Waals surface area contributed by atoms with Gasteiger partial charge in [0.2, 0.25) is 10.0 Å². The first-order valence-corrected chi connectivity index (χ1v) is 7.41. The summed E-state index contributed by atoms with van der Waals surface area (Å²) in [6.07, 6.45) is 1.60. The molecule has 9 heteroatoms. The van der Waals surface area contributed by atoms with E-state index in [4.69, 9.17) is 10.2 Å². The molecule has 8 nitrogen and oxygen atoms in total. The molecule has 1 aromatic rings. The van der Waals surface area contributed by atoms with Crippen molar-refractivity contribution in [1.29, 1.82) is 0 Å². The molecule has 0 saturated heterocycles. The normalized spacial score (nSPS) is 12.9. The van der Waals surface area contributed by atoms with E-state index >= 15 is 0 Å². The third-order valence-corrected chi connectivity index (χ3v) is 3.77. The van der Waals surface area contributed by atoms with Gasteiger partial charge in [0.15, 0.2) is 0 Å². The van der Waals surface area contributed by atoms with Crippen molar-refractivity contribution < 1.29 is 23.1 Å². The number of carbonyl (C=O) groups excluding carboxylic acids is 1. The van der Waals surface area contributed by atoms with Gasteiger partial charge in [-0.15, -0.1) is 0 Å². The van der Waals surface area contributed by atoms with Crippen LogP contribution < -0.4 is 10.5 Å². The zero-order valence-electron chi connectivity index (χ0n) is 11.2. The first-order chi connectivity index (χ1) is 9.16. The van der Waals surface area contributed by atoms with Crippen LogP contribution in [0.2, 0.25) is 0 Å². The van der Waals surface area contributed by atoms with Crippen molar-refractivity contribution in [2.75, 3.05) is 6.54 Å². The molecule has 1 aromatic heterocycles. The second-order valence-corrected chi connectivity index (χ2v) is 5.93. The Morgan fingerprint density at radius 3 is 2.50 bits per heavy atom. The van der Waals surface area contributed by atoms with Gasteiger partial charge in [-0.2, -0.15) is 0 Å². The minimum Gasteiger partial charge on any atom is -0.481 e. The first kappa shape index (κ1) is 16.2. The standard InChI is InChI=1S/C11H17N3O5S/c1-3-7(11(16)17)5-13-10(15)9-4-8(6-14(9)2)20(12,18)19/h4,6-7H,3,5H2,1-2H3,(H,13,15)(H,16,17)(H2,12,18,19). The summed E-state index contributed by atoms with van der Waals surface area (Å²) in [5.41, 5.74) is 0.0919. The van der Waals surface area contributed by atoms with Crippen LogP contribution in [0.4, 0.5) is 0 Å². The predicted molar refractivity (Wildman–Crippen MR) is 70.5 cm³/mol. The Bertz CT molecular complexity index is 620. The highest BCUT2D eigenvalue weighted by Crippen LogP contribution is 2.12. The van der Waals surface area contributed by atoms with E-state index < -0.39 is 27.8 Å². The van der Waals surface area contributed by atoms with Crippen molar-refractivity contribution in [3.05, 3.63) is 18.0 Å². The smallest absolute Gasteiger partial charge is 0.308 e. The van der Waals surface area contributed by atoms with E-state index in [2.05, 4.69) is 5.32 Å². The zero-order valence-corrected chi connectivity index (χ0v) is 12.0. The van der Waals surface area contributed by atoms with Crippen LogP contribution >= 0.6 is 0 Å². The van der Waals surface area contributed by atoms with E-state index in [1.54, 1.807) is 6.92 Å². The average Bonchev–Trinajstić information content (AvgIpc) is 2.71. The molecule has 0 saturated carbocycles. The second-order valence-electron chi connectivity index (χ2n) is 4.37. The van der Waals surface area contributed by atoms with E-state index in [0.29, 0.717) is 6.42 Å². The fourth-order valence-electron chi connectivity index (χ4n) is 1.63. The third kappa shape index (κ3) is 3.81. The molecule has 20 heavy (non-hydrogen) atoms. The van der Waals surface area contributed by atoms with Gasteiger partial charge in [-0.25, -0.2) is 13.6 Å². The maximum atomic E-state index is 11.9. The predicted octanol–water partition coefficient (Wildman–Crippen LogP) is -0.487. The summed E-state index contributed by atoms with van der Waals surface area (Å²) in [6.45, 7) is 1.67. The lowest BCUT2D eigenvalue weighted by Crippen LogP contribution is -2.33. The number of rotatable bonds is 6. The summed E-state index contributed by atoms with van der Waals surface area (Å²) in [6, 6.07) is 1.15. The quantitative estimate of drug-likeness (QED) is 0.652. The van der Waals surface area contributed by atoms with E-state index in [9.17, 15) is 18.0 Å². The highest BCUT2D eigenvalue weighted by molar-refractivity contribution is 7.89.